The van der Waals surface area contributed by atoms with E-state index in [-0.39, 0.29) is 37.4 Å². The zero-order valence-corrected chi connectivity index (χ0v) is 25.6. The van der Waals surface area contributed by atoms with Gasteiger partial charge in [-0.25, -0.2) is 0 Å². The van der Waals surface area contributed by atoms with Crippen LogP contribution in [0.3, 0.4) is 0 Å². The average Bonchev–Trinajstić information content (AvgIpc) is 3.64. The highest BCUT2D eigenvalue weighted by molar-refractivity contribution is 5.99. The molecule has 5 rings (SSSR count). The summed E-state index contributed by atoms with van der Waals surface area (Å²) in [6, 6.07) is 6.87. The van der Waals surface area contributed by atoms with E-state index >= 15 is 0 Å². The number of cyclic esters (lactones) is 1. The molecule has 8 atom stereocenters. The summed E-state index contributed by atoms with van der Waals surface area (Å²) in [5, 5.41) is 10.3. The molecule has 0 aromatic heterocycles. The van der Waals surface area contributed by atoms with Crippen molar-refractivity contribution in [2.24, 2.45) is 11.8 Å². The van der Waals surface area contributed by atoms with E-state index in [1.807, 2.05) is 70.2 Å². The summed E-state index contributed by atoms with van der Waals surface area (Å²) >= 11 is 0. The molecule has 5 bridgehead atoms. The van der Waals surface area contributed by atoms with Gasteiger partial charge in [0.1, 0.15) is 23.7 Å². The maximum atomic E-state index is 14.4. The molecule has 1 N–H and O–H groups in total. The summed E-state index contributed by atoms with van der Waals surface area (Å²) in [5.41, 5.74) is -0.641. The number of esters is 1. The number of rotatable bonds is 5. The summed E-state index contributed by atoms with van der Waals surface area (Å²) in [6.07, 6.45) is 6.90. The van der Waals surface area contributed by atoms with Gasteiger partial charge in [0.05, 0.1) is 30.7 Å². The first kappa shape index (κ1) is 30.9. The third-order valence-corrected chi connectivity index (χ3v) is 9.61. The van der Waals surface area contributed by atoms with Crippen molar-refractivity contribution in [2.45, 2.75) is 88.9 Å². The molecule has 1 aromatic carbocycles. The lowest BCUT2D eigenvalue weighted by atomic mass is 9.74. The topological polar surface area (TPSA) is 117 Å². The number of fused-ring (bicyclic) bond motifs is 2. The zero-order chi connectivity index (χ0) is 31.1. The van der Waals surface area contributed by atoms with Crippen LogP contribution in [0.4, 0.5) is 0 Å². The van der Waals surface area contributed by atoms with Gasteiger partial charge >= 0.3 is 5.97 Å². The molecular formula is C33H43N3O7. The molecule has 2 fully saturated rings. The van der Waals surface area contributed by atoms with Crippen LogP contribution in [0, 0.1) is 11.8 Å². The van der Waals surface area contributed by atoms with E-state index in [0.717, 1.165) is 5.56 Å². The van der Waals surface area contributed by atoms with Gasteiger partial charge in [0, 0.05) is 26.1 Å². The minimum Gasteiger partial charge on any atom is -0.455 e. The molecule has 0 aliphatic carbocycles. The highest BCUT2D eigenvalue weighted by atomic mass is 16.6. The fraction of sp³-hybridized carbons (Fsp3) is 0.576. The largest absolute Gasteiger partial charge is 0.455 e. The third-order valence-electron chi connectivity index (χ3n) is 9.61. The molecule has 0 saturated carbocycles. The van der Waals surface area contributed by atoms with Crippen LogP contribution < -0.4 is 0 Å². The second kappa shape index (κ2) is 12.2. The first-order chi connectivity index (χ1) is 20.6. The van der Waals surface area contributed by atoms with Gasteiger partial charge in [-0.1, -0.05) is 61.6 Å². The molecular weight excluding hydrogens is 550 g/mol. The SMILES string of the molecule is CC[C@@H](CO)N1C(=O)[C@@H]2[C@H]3C(=O)O[C@@H](c4ccccc4)[C@H](C)N(C)C(=O)CC/C=C\CN(C(C)C)C(=O)[C@@H]1[C@]21C=C[C@H]3O1. The second-order valence-electron chi connectivity index (χ2n) is 12.3. The molecule has 10 heteroatoms. The van der Waals surface area contributed by atoms with E-state index in [0.29, 0.717) is 12.8 Å². The molecule has 0 unspecified atom stereocenters. The van der Waals surface area contributed by atoms with E-state index in [1.54, 1.807) is 29.0 Å². The predicted molar refractivity (Wildman–Crippen MR) is 158 cm³/mol. The summed E-state index contributed by atoms with van der Waals surface area (Å²) < 4.78 is 12.7. The second-order valence-corrected chi connectivity index (χ2v) is 12.3. The standard InChI is InChI=1S/C33H43N3O7/c1-6-23(19-37)36-29-31(40)35(20(2)3)18-12-8-11-15-25(38)34(5)21(4)28(22-13-9-7-10-14-22)42-32(41)26-24-16-17-33(29,43-24)27(26)30(36)39/h7-10,12-14,16-17,20-21,23-24,26-29,37H,6,11,15,18-19H2,1-5H3/b12-8-/t21-,23-,24+,26-,27-,28+,29+,33-/m0/s1. The third kappa shape index (κ3) is 5.18. The average molecular weight is 594 g/mol. The number of carbonyl (C=O) groups excluding carboxylic acids is 4. The number of amides is 3. The van der Waals surface area contributed by atoms with Crippen molar-refractivity contribution < 1.29 is 33.8 Å². The number of allylic oxidation sites excluding steroid dienone is 1. The Kier molecular flexibility index (Phi) is 8.81. The number of hydrogen-bond donors (Lipinski definition) is 1. The summed E-state index contributed by atoms with van der Waals surface area (Å²) in [6.45, 7) is 7.46. The van der Waals surface area contributed by atoms with Crippen molar-refractivity contribution in [1.82, 2.24) is 14.7 Å². The lowest BCUT2D eigenvalue weighted by Gasteiger charge is -2.39. The van der Waals surface area contributed by atoms with Gasteiger partial charge in [0.15, 0.2) is 0 Å². The van der Waals surface area contributed by atoms with Gasteiger partial charge in [0.25, 0.3) is 0 Å². The van der Waals surface area contributed by atoms with E-state index < -0.39 is 59.6 Å². The van der Waals surface area contributed by atoms with Crippen LogP contribution in [0.15, 0.2) is 54.6 Å². The van der Waals surface area contributed by atoms with Gasteiger partial charge in [-0.2, -0.15) is 0 Å². The summed E-state index contributed by atoms with van der Waals surface area (Å²) in [7, 11) is 1.70. The fourth-order valence-corrected chi connectivity index (χ4v) is 7.09. The minimum atomic E-state index is -1.36. The number of carbonyl (C=O) groups is 4. The molecule has 1 aromatic rings. The Bertz CT molecular complexity index is 1290. The summed E-state index contributed by atoms with van der Waals surface area (Å²) in [4.78, 5) is 60.8. The van der Waals surface area contributed by atoms with Crippen LogP contribution in [-0.4, -0.2) is 99.6 Å². The van der Waals surface area contributed by atoms with Crippen LogP contribution in [-0.2, 0) is 28.7 Å². The fourth-order valence-electron chi connectivity index (χ4n) is 7.09. The van der Waals surface area contributed by atoms with Crippen LogP contribution in [0.5, 0.6) is 0 Å². The quantitative estimate of drug-likeness (QED) is 0.412. The number of ether oxygens (including phenoxy) is 2. The molecule has 2 saturated heterocycles. The first-order valence-electron chi connectivity index (χ1n) is 15.3. The van der Waals surface area contributed by atoms with Crippen molar-refractivity contribution in [3.05, 3.63) is 60.2 Å². The summed E-state index contributed by atoms with van der Waals surface area (Å²) in [5.74, 6) is -3.40. The number of hydrogen-bond acceptors (Lipinski definition) is 7. The Morgan fingerprint density at radius 3 is 2.44 bits per heavy atom. The Morgan fingerprint density at radius 2 is 1.79 bits per heavy atom. The lowest BCUT2D eigenvalue weighted by molar-refractivity contribution is -0.164. The van der Waals surface area contributed by atoms with Crippen molar-refractivity contribution in [3.63, 3.8) is 0 Å². The van der Waals surface area contributed by atoms with Gasteiger partial charge < -0.3 is 29.3 Å². The Labute approximate surface area is 253 Å². The van der Waals surface area contributed by atoms with Gasteiger partial charge in [-0.3, -0.25) is 19.2 Å². The number of benzene rings is 1. The first-order valence-corrected chi connectivity index (χ1v) is 15.3. The lowest BCUT2D eigenvalue weighted by Crippen LogP contribution is -2.59. The maximum absolute atomic E-state index is 14.4. The predicted octanol–water partition coefficient (Wildman–Crippen LogP) is 2.63. The van der Waals surface area contributed by atoms with E-state index in [9.17, 15) is 24.3 Å². The van der Waals surface area contributed by atoms with Crippen LogP contribution in [0.2, 0.25) is 0 Å². The number of likely N-dealkylation sites (tertiary alicyclic amines) is 1. The Morgan fingerprint density at radius 1 is 1.07 bits per heavy atom. The van der Waals surface area contributed by atoms with Gasteiger partial charge in [-0.05, 0) is 39.2 Å². The van der Waals surface area contributed by atoms with Gasteiger partial charge in [-0.15, -0.1) is 0 Å². The molecule has 0 radical (unpaired) electrons. The van der Waals surface area contributed by atoms with E-state index in [1.165, 1.54) is 4.90 Å². The maximum Gasteiger partial charge on any atom is 0.313 e. The number of likely N-dealkylation sites (N-methyl/N-ethyl adjacent to an activating group) is 1. The van der Waals surface area contributed by atoms with Crippen molar-refractivity contribution in [3.8, 4) is 0 Å². The van der Waals surface area contributed by atoms with Crippen molar-refractivity contribution in [2.75, 3.05) is 20.2 Å². The molecule has 3 amide bonds. The van der Waals surface area contributed by atoms with Crippen molar-refractivity contribution in [1.29, 1.82) is 0 Å². The van der Waals surface area contributed by atoms with Gasteiger partial charge in [0.2, 0.25) is 17.7 Å². The van der Waals surface area contributed by atoms with Crippen LogP contribution >= 0.6 is 0 Å². The van der Waals surface area contributed by atoms with Crippen LogP contribution in [0.25, 0.3) is 0 Å². The highest BCUT2D eigenvalue weighted by Crippen LogP contribution is 2.56. The van der Waals surface area contributed by atoms with Crippen molar-refractivity contribution >= 4 is 23.7 Å². The molecule has 1 spiro atoms. The normalized spacial score (nSPS) is 34.6. The molecule has 43 heavy (non-hydrogen) atoms. The van der Waals surface area contributed by atoms with E-state index in [2.05, 4.69) is 0 Å². The number of aliphatic hydroxyl groups excluding tert-OH is 1. The molecule has 4 aliphatic rings. The highest BCUT2D eigenvalue weighted by Gasteiger charge is 2.74. The Hall–Kier alpha value is -3.50. The van der Waals surface area contributed by atoms with E-state index in [4.69, 9.17) is 9.47 Å². The molecule has 232 valence electrons. The Balaban J connectivity index is 1.62. The zero-order valence-electron chi connectivity index (χ0n) is 25.6. The molecule has 10 nitrogen and oxygen atoms in total. The molecule has 4 heterocycles. The smallest absolute Gasteiger partial charge is 0.313 e. The monoisotopic (exact) mass is 593 g/mol. The van der Waals surface area contributed by atoms with Crippen LogP contribution in [0.1, 0.15) is 58.6 Å². The molecule has 4 aliphatic heterocycles. The minimum absolute atomic E-state index is 0.0973. The number of aliphatic hydroxyl groups is 1. The number of nitrogens with zero attached hydrogens (tertiary/aromatic N) is 3.